The lowest BCUT2D eigenvalue weighted by molar-refractivity contribution is 0.0697. The Labute approximate surface area is 105 Å². The first kappa shape index (κ1) is 12.6. The number of carbonyl (C=O) groups is 1. The predicted octanol–water partition coefficient (Wildman–Crippen LogP) is 1.34. The van der Waals surface area contributed by atoms with Crippen molar-refractivity contribution in [1.29, 1.82) is 0 Å². The number of aromatic nitrogens is 1. The summed E-state index contributed by atoms with van der Waals surface area (Å²) < 4.78 is 5.51. The zero-order valence-corrected chi connectivity index (χ0v) is 10.4. The van der Waals surface area contributed by atoms with Crippen molar-refractivity contribution >= 4 is 17.5 Å². The summed E-state index contributed by atoms with van der Waals surface area (Å²) in [5.74, 6) is -0.833. The molecule has 1 aliphatic heterocycles. The molecule has 0 aliphatic carbocycles. The van der Waals surface area contributed by atoms with E-state index in [4.69, 9.17) is 15.6 Å². The monoisotopic (exact) mass is 251 g/mol. The molecule has 98 valence electrons. The van der Waals surface area contributed by atoms with Crippen LogP contribution in [0.15, 0.2) is 12.3 Å². The number of rotatable bonds is 3. The van der Waals surface area contributed by atoms with Gasteiger partial charge in [-0.25, -0.2) is 9.78 Å². The highest BCUT2D eigenvalue weighted by molar-refractivity contribution is 5.94. The molecular formula is C12H17N3O3. The molecule has 1 saturated heterocycles. The summed E-state index contributed by atoms with van der Waals surface area (Å²) in [6.07, 6.45) is 2.28. The van der Waals surface area contributed by atoms with E-state index in [2.05, 4.69) is 10.3 Å². The molecule has 18 heavy (non-hydrogen) atoms. The molecule has 1 aliphatic rings. The maximum atomic E-state index is 11.2. The van der Waals surface area contributed by atoms with E-state index >= 15 is 0 Å². The van der Waals surface area contributed by atoms with Gasteiger partial charge in [0.15, 0.2) is 0 Å². The Balaban J connectivity index is 2.31. The van der Waals surface area contributed by atoms with E-state index in [1.165, 1.54) is 12.3 Å². The lowest BCUT2D eigenvalue weighted by atomic mass is 9.94. The van der Waals surface area contributed by atoms with Crippen LogP contribution in [0.1, 0.15) is 30.6 Å². The Kier molecular flexibility index (Phi) is 3.13. The summed E-state index contributed by atoms with van der Waals surface area (Å²) in [5, 5.41) is 12.4. The predicted molar refractivity (Wildman–Crippen MR) is 67.7 cm³/mol. The molecule has 0 radical (unpaired) electrons. The number of nitrogen functional groups attached to an aromatic ring is 1. The number of hydrogen-bond acceptors (Lipinski definition) is 5. The highest BCUT2D eigenvalue weighted by Gasteiger charge is 2.37. The lowest BCUT2D eigenvalue weighted by Crippen LogP contribution is -2.41. The highest BCUT2D eigenvalue weighted by atomic mass is 16.5. The number of hydrogen-bond donors (Lipinski definition) is 3. The van der Waals surface area contributed by atoms with Crippen LogP contribution in [0.5, 0.6) is 0 Å². The van der Waals surface area contributed by atoms with E-state index in [1.54, 1.807) is 0 Å². The van der Waals surface area contributed by atoms with E-state index in [1.807, 2.05) is 13.8 Å². The largest absolute Gasteiger partial charge is 0.478 e. The summed E-state index contributed by atoms with van der Waals surface area (Å²) in [4.78, 5) is 15.1. The molecule has 2 rings (SSSR count). The number of ether oxygens (including phenoxy) is 1. The Hall–Kier alpha value is -1.82. The van der Waals surface area contributed by atoms with E-state index < -0.39 is 5.97 Å². The fraction of sp³-hybridized carbons (Fsp3) is 0.500. The SMILES string of the molecule is CC1OCCC1(C)Nc1cnc(N)cc1C(=O)O. The molecule has 1 aromatic rings. The van der Waals surface area contributed by atoms with Crippen molar-refractivity contribution in [1.82, 2.24) is 4.98 Å². The van der Waals surface area contributed by atoms with Crippen molar-refractivity contribution < 1.29 is 14.6 Å². The van der Waals surface area contributed by atoms with Gasteiger partial charge in [-0.15, -0.1) is 0 Å². The second-order valence-electron chi connectivity index (χ2n) is 4.77. The Bertz CT molecular complexity index is 478. The van der Waals surface area contributed by atoms with Gasteiger partial charge in [0.1, 0.15) is 5.82 Å². The van der Waals surface area contributed by atoms with Gasteiger partial charge in [0.25, 0.3) is 0 Å². The van der Waals surface area contributed by atoms with Gasteiger partial charge in [0.2, 0.25) is 0 Å². The summed E-state index contributed by atoms with van der Waals surface area (Å²) in [6, 6.07) is 1.36. The Morgan fingerprint density at radius 3 is 3.00 bits per heavy atom. The zero-order valence-electron chi connectivity index (χ0n) is 10.4. The van der Waals surface area contributed by atoms with E-state index in [0.29, 0.717) is 12.3 Å². The van der Waals surface area contributed by atoms with Gasteiger partial charge in [-0.05, 0) is 26.3 Å². The minimum Gasteiger partial charge on any atom is -0.478 e. The number of anilines is 2. The normalized spacial score (nSPS) is 27.1. The zero-order chi connectivity index (χ0) is 13.3. The maximum Gasteiger partial charge on any atom is 0.337 e. The summed E-state index contributed by atoms with van der Waals surface area (Å²) >= 11 is 0. The topological polar surface area (TPSA) is 97.5 Å². The third kappa shape index (κ3) is 2.24. The molecule has 0 spiro atoms. The molecular weight excluding hydrogens is 234 g/mol. The van der Waals surface area contributed by atoms with E-state index in [0.717, 1.165) is 6.42 Å². The van der Waals surface area contributed by atoms with Crippen LogP contribution in [-0.4, -0.2) is 34.3 Å². The van der Waals surface area contributed by atoms with Gasteiger partial charge in [-0.1, -0.05) is 0 Å². The molecule has 1 aromatic heterocycles. The molecule has 6 heteroatoms. The van der Waals surface area contributed by atoms with Crippen molar-refractivity contribution in [3.8, 4) is 0 Å². The van der Waals surface area contributed by atoms with Gasteiger partial charge in [-0.2, -0.15) is 0 Å². The van der Waals surface area contributed by atoms with Crippen molar-refractivity contribution in [3.63, 3.8) is 0 Å². The van der Waals surface area contributed by atoms with Crippen molar-refractivity contribution in [2.75, 3.05) is 17.7 Å². The summed E-state index contributed by atoms with van der Waals surface area (Å²) in [5.41, 5.74) is 5.81. The molecule has 0 bridgehead atoms. The fourth-order valence-corrected chi connectivity index (χ4v) is 2.05. The second kappa shape index (κ2) is 4.45. The Morgan fingerprint density at radius 2 is 2.44 bits per heavy atom. The minimum absolute atomic E-state index is 0.0108. The van der Waals surface area contributed by atoms with Crippen LogP contribution in [0.3, 0.4) is 0 Å². The quantitative estimate of drug-likeness (QED) is 0.750. The van der Waals surface area contributed by atoms with Gasteiger partial charge >= 0.3 is 5.97 Å². The average molecular weight is 251 g/mol. The first-order valence-corrected chi connectivity index (χ1v) is 5.81. The molecule has 0 amide bonds. The summed E-state index contributed by atoms with van der Waals surface area (Å²) in [7, 11) is 0. The summed E-state index contributed by atoms with van der Waals surface area (Å²) in [6.45, 7) is 4.63. The van der Waals surface area contributed by atoms with Crippen LogP contribution < -0.4 is 11.1 Å². The Morgan fingerprint density at radius 1 is 1.72 bits per heavy atom. The maximum absolute atomic E-state index is 11.2. The van der Waals surface area contributed by atoms with E-state index in [-0.39, 0.29) is 23.0 Å². The smallest absolute Gasteiger partial charge is 0.337 e. The van der Waals surface area contributed by atoms with Crippen molar-refractivity contribution in [2.24, 2.45) is 0 Å². The third-order valence-electron chi connectivity index (χ3n) is 3.46. The number of nitrogens with two attached hydrogens (primary N) is 1. The van der Waals surface area contributed by atoms with Crippen LogP contribution in [0.4, 0.5) is 11.5 Å². The number of pyridine rings is 1. The molecule has 6 nitrogen and oxygen atoms in total. The minimum atomic E-state index is -1.03. The molecule has 0 aromatic carbocycles. The first-order chi connectivity index (χ1) is 8.42. The molecule has 2 unspecified atom stereocenters. The second-order valence-corrected chi connectivity index (χ2v) is 4.77. The third-order valence-corrected chi connectivity index (χ3v) is 3.46. The van der Waals surface area contributed by atoms with Gasteiger partial charge in [0, 0.05) is 6.61 Å². The highest BCUT2D eigenvalue weighted by Crippen LogP contribution is 2.31. The van der Waals surface area contributed by atoms with Gasteiger partial charge < -0.3 is 20.9 Å². The van der Waals surface area contributed by atoms with Gasteiger partial charge in [-0.3, -0.25) is 0 Å². The van der Waals surface area contributed by atoms with Crippen LogP contribution in [-0.2, 0) is 4.74 Å². The van der Waals surface area contributed by atoms with Crippen LogP contribution >= 0.6 is 0 Å². The number of nitrogens with one attached hydrogen (secondary N) is 1. The number of carboxylic acids is 1. The van der Waals surface area contributed by atoms with Crippen LogP contribution in [0.2, 0.25) is 0 Å². The molecule has 1 fully saturated rings. The number of nitrogens with zero attached hydrogens (tertiary/aromatic N) is 1. The first-order valence-electron chi connectivity index (χ1n) is 5.81. The van der Waals surface area contributed by atoms with Gasteiger partial charge in [0.05, 0.1) is 29.1 Å². The molecule has 0 saturated carbocycles. The fourth-order valence-electron chi connectivity index (χ4n) is 2.05. The number of aromatic carboxylic acids is 1. The van der Waals surface area contributed by atoms with Crippen LogP contribution in [0.25, 0.3) is 0 Å². The average Bonchev–Trinajstić information content (AvgIpc) is 2.61. The standard InChI is InChI=1S/C12H17N3O3/c1-7-12(2,3-4-18-7)15-9-6-14-10(13)5-8(9)11(16)17/h5-7,15H,3-4H2,1-2H3,(H2,13,14)(H,16,17). The molecule has 2 atom stereocenters. The van der Waals surface area contributed by atoms with Crippen LogP contribution in [0, 0.1) is 0 Å². The lowest BCUT2D eigenvalue weighted by Gasteiger charge is -2.30. The number of carboxylic acid groups (broad SMARTS) is 1. The van der Waals surface area contributed by atoms with Crippen molar-refractivity contribution in [2.45, 2.75) is 31.9 Å². The van der Waals surface area contributed by atoms with Crippen molar-refractivity contribution in [3.05, 3.63) is 17.8 Å². The molecule has 4 N–H and O–H groups in total. The van der Waals surface area contributed by atoms with E-state index in [9.17, 15) is 4.79 Å². The molecule has 2 heterocycles.